The molecule has 2 N–H and O–H groups in total. The Kier molecular flexibility index (Phi) is 3.99. The number of nitrogens with two attached hydrogens (primary N) is 1. The average molecular weight is 337 g/mol. The maximum absolute atomic E-state index is 11.4. The van der Waals surface area contributed by atoms with E-state index in [1.54, 1.807) is 24.3 Å². The number of nitrogens with zero attached hydrogens (tertiary/aromatic N) is 1. The third kappa shape index (κ3) is 3.12. The summed E-state index contributed by atoms with van der Waals surface area (Å²) >= 11 is 3.29. The van der Waals surface area contributed by atoms with Crippen LogP contribution in [0.15, 0.2) is 46.9 Å². The van der Waals surface area contributed by atoms with Crippen molar-refractivity contribution < 1.29 is 14.5 Å². The fraction of sp³-hybridized carbons (Fsp3) is 0. The number of halogens is 1. The van der Waals surface area contributed by atoms with Crippen molar-refractivity contribution in [1.82, 2.24) is 0 Å². The zero-order chi connectivity index (χ0) is 14.7. The van der Waals surface area contributed by atoms with Crippen molar-refractivity contribution in [2.45, 2.75) is 0 Å². The van der Waals surface area contributed by atoms with E-state index in [0.717, 1.165) is 10.5 Å². The number of benzene rings is 2. The molecule has 0 spiro atoms. The molecule has 0 aliphatic heterocycles. The SMILES string of the molecule is NC(=O)c1cc([N+](=O)[O-])ccc1Oc1ccc(Br)cc1. The number of carbonyl (C=O) groups excluding carboxylic acids is 1. The van der Waals surface area contributed by atoms with Gasteiger partial charge in [0, 0.05) is 16.6 Å². The second-order valence-electron chi connectivity index (χ2n) is 3.86. The molecule has 0 saturated carbocycles. The van der Waals surface area contributed by atoms with Gasteiger partial charge in [-0.2, -0.15) is 0 Å². The zero-order valence-electron chi connectivity index (χ0n) is 10.1. The Morgan fingerprint density at radius 3 is 2.40 bits per heavy atom. The van der Waals surface area contributed by atoms with Crippen LogP contribution in [0.3, 0.4) is 0 Å². The van der Waals surface area contributed by atoms with Crippen molar-refractivity contribution in [3.8, 4) is 11.5 Å². The lowest BCUT2D eigenvalue weighted by Gasteiger charge is -2.09. The Bertz CT molecular complexity index is 671. The van der Waals surface area contributed by atoms with Crippen LogP contribution in [0, 0.1) is 10.1 Å². The van der Waals surface area contributed by atoms with Crippen LogP contribution >= 0.6 is 15.9 Å². The highest BCUT2D eigenvalue weighted by molar-refractivity contribution is 9.10. The van der Waals surface area contributed by atoms with Gasteiger partial charge < -0.3 is 10.5 Å². The monoisotopic (exact) mass is 336 g/mol. The fourth-order valence-corrected chi connectivity index (χ4v) is 1.81. The van der Waals surface area contributed by atoms with Crippen molar-refractivity contribution in [2.75, 3.05) is 0 Å². The van der Waals surface area contributed by atoms with Gasteiger partial charge in [-0.3, -0.25) is 14.9 Å². The van der Waals surface area contributed by atoms with Crippen LogP contribution in [-0.4, -0.2) is 10.8 Å². The lowest BCUT2D eigenvalue weighted by Crippen LogP contribution is -2.12. The molecule has 20 heavy (non-hydrogen) atoms. The third-order valence-corrected chi connectivity index (χ3v) is 3.01. The van der Waals surface area contributed by atoms with Crippen LogP contribution in [0.25, 0.3) is 0 Å². The molecular formula is C13H9BrN2O4. The number of ether oxygens (including phenoxy) is 1. The Morgan fingerprint density at radius 2 is 1.85 bits per heavy atom. The summed E-state index contributed by atoms with van der Waals surface area (Å²) in [4.78, 5) is 21.4. The highest BCUT2D eigenvalue weighted by Crippen LogP contribution is 2.29. The average Bonchev–Trinajstić information content (AvgIpc) is 2.41. The van der Waals surface area contributed by atoms with Gasteiger partial charge in [-0.25, -0.2) is 0 Å². The predicted molar refractivity (Wildman–Crippen MR) is 75.8 cm³/mol. The highest BCUT2D eigenvalue weighted by atomic mass is 79.9. The van der Waals surface area contributed by atoms with Crippen molar-refractivity contribution in [2.24, 2.45) is 5.73 Å². The van der Waals surface area contributed by atoms with E-state index in [1.807, 2.05) is 0 Å². The molecule has 0 unspecified atom stereocenters. The van der Waals surface area contributed by atoms with Crippen LogP contribution in [0.5, 0.6) is 11.5 Å². The molecule has 0 aliphatic carbocycles. The van der Waals surface area contributed by atoms with Gasteiger partial charge in [-0.05, 0) is 30.3 Å². The molecule has 0 heterocycles. The standard InChI is InChI=1S/C13H9BrN2O4/c14-8-1-4-10(5-2-8)20-12-6-3-9(16(18)19)7-11(12)13(15)17/h1-7H,(H2,15,17). The predicted octanol–water partition coefficient (Wildman–Crippen LogP) is 3.25. The van der Waals surface area contributed by atoms with E-state index in [-0.39, 0.29) is 17.0 Å². The molecule has 102 valence electrons. The highest BCUT2D eigenvalue weighted by Gasteiger charge is 2.16. The summed E-state index contributed by atoms with van der Waals surface area (Å²) in [7, 11) is 0. The van der Waals surface area contributed by atoms with Gasteiger partial charge in [0.15, 0.2) is 0 Å². The van der Waals surface area contributed by atoms with Crippen LogP contribution < -0.4 is 10.5 Å². The molecule has 0 radical (unpaired) electrons. The number of hydrogen-bond donors (Lipinski definition) is 1. The molecule has 7 heteroatoms. The number of primary amides is 1. The number of rotatable bonds is 4. The lowest BCUT2D eigenvalue weighted by atomic mass is 10.1. The first-order valence-corrected chi connectivity index (χ1v) is 6.28. The first kappa shape index (κ1) is 14.0. The third-order valence-electron chi connectivity index (χ3n) is 2.48. The van der Waals surface area contributed by atoms with E-state index in [9.17, 15) is 14.9 Å². The molecule has 0 fully saturated rings. The first-order valence-electron chi connectivity index (χ1n) is 5.49. The molecule has 2 aromatic rings. The number of amides is 1. The van der Waals surface area contributed by atoms with Crippen molar-refractivity contribution >= 4 is 27.5 Å². The largest absolute Gasteiger partial charge is 0.457 e. The molecule has 0 bridgehead atoms. The van der Waals surface area contributed by atoms with Gasteiger partial charge in [0.2, 0.25) is 0 Å². The Hall–Kier alpha value is -2.41. The molecule has 0 atom stereocenters. The lowest BCUT2D eigenvalue weighted by molar-refractivity contribution is -0.384. The maximum Gasteiger partial charge on any atom is 0.270 e. The van der Waals surface area contributed by atoms with Gasteiger partial charge in [-0.15, -0.1) is 0 Å². The summed E-state index contributed by atoms with van der Waals surface area (Å²) in [5, 5.41) is 10.7. The fourth-order valence-electron chi connectivity index (χ4n) is 1.54. The van der Waals surface area contributed by atoms with Gasteiger partial charge in [0.05, 0.1) is 10.5 Å². The molecule has 1 amide bonds. The quantitative estimate of drug-likeness (QED) is 0.684. The second-order valence-corrected chi connectivity index (χ2v) is 4.77. The Labute approximate surface area is 122 Å². The normalized spacial score (nSPS) is 10.1. The molecule has 6 nitrogen and oxygen atoms in total. The molecule has 2 rings (SSSR count). The van der Waals surface area contributed by atoms with E-state index >= 15 is 0 Å². The number of nitro benzene ring substituents is 1. The van der Waals surface area contributed by atoms with E-state index in [2.05, 4.69) is 15.9 Å². The summed E-state index contributed by atoms with van der Waals surface area (Å²) in [6, 6.07) is 10.6. The van der Waals surface area contributed by atoms with Crippen LogP contribution in [-0.2, 0) is 0 Å². The van der Waals surface area contributed by atoms with Crippen LogP contribution in [0.2, 0.25) is 0 Å². The first-order chi connectivity index (χ1) is 9.47. The molecule has 0 aromatic heterocycles. The van der Waals surface area contributed by atoms with Crippen molar-refractivity contribution in [1.29, 1.82) is 0 Å². The van der Waals surface area contributed by atoms with Crippen molar-refractivity contribution in [3.63, 3.8) is 0 Å². The number of carbonyl (C=O) groups is 1. The summed E-state index contributed by atoms with van der Waals surface area (Å²) in [6.07, 6.45) is 0. The topological polar surface area (TPSA) is 95.5 Å². The van der Waals surface area contributed by atoms with Crippen LogP contribution in [0.4, 0.5) is 5.69 Å². The minimum Gasteiger partial charge on any atom is -0.457 e. The number of nitro groups is 1. The summed E-state index contributed by atoms with van der Waals surface area (Å²) in [6.45, 7) is 0. The Balaban J connectivity index is 2.38. The second kappa shape index (κ2) is 5.70. The number of hydrogen-bond acceptors (Lipinski definition) is 4. The smallest absolute Gasteiger partial charge is 0.270 e. The molecule has 0 aliphatic rings. The summed E-state index contributed by atoms with van der Waals surface area (Å²) in [5.74, 6) is -0.129. The van der Waals surface area contributed by atoms with E-state index < -0.39 is 10.8 Å². The minimum absolute atomic E-state index is 0.0397. The number of non-ortho nitro benzene ring substituents is 1. The van der Waals surface area contributed by atoms with Gasteiger partial charge in [0.1, 0.15) is 11.5 Å². The van der Waals surface area contributed by atoms with E-state index in [1.165, 1.54) is 12.1 Å². The van der Waals surface area contributed by atoms with Crippen LogP contribution in [0.1, 0.15) is 10.4 Å². The Morgan fingerprint density at radius 1 is 1.20 bits per heavy atom. The minimum atomic E-state index is -0.791. The van der Waals surface area contributed by atoms with Gasteiger partial charge in [-0.1, -0.05) is 15.9 Å². The van der Waals surface area contributed by atoms with E-state index in [4.69, 9.17) is 10.5 Å². The molecular weight excluding hydrogens is 328 g/mol. The van der Waals surface area contributed by atoms with E-state index in [0.29, 0.717) is 5.75 Å². The maximum atomic E-state index is 11.4. The molecule has 0 saturated heterocycles. The van der Waals surface area contributed by atoms with Gasteiger partial charge in [0.25, 0.3) is 11.6 Å². The van der Waals surface area contributed by atoms with Crippen molar-refractivity contribution in [3.05, 3.63) is 62.6 Å². The zero-order valence-corrected chi connectivity index (χ0v) is 11.7. The summed E-state index contributed by atoms with van der Waals surface area (Å²) in [5.41, 5.74) is 4.95. The molecule has 2 aromatic carbocycles. The summed E-state index contributed by atoms with van der Waals surface area (Å²) < 4.78 is 6.39. The van der Waals surface area contributed by atoms with Gasteiger partial charge >= 0.3 is 0 Å².